The molecule has 0 aliphatic heterocycles. The monoisotopic (exact) mass is 287 g/mol. The molecular formula is C11H14BrNO3. The Bertz CT molecular complexity index is 399. The number of nitrogens with two attached hydrogens (primary N) is 1. The summed E-state index contributed by atoms with van der Waals surface area (Å²) in [5, 5.41) is 8.96. The van der Waals surface area contributed by atoms with Crippen LogP contribution in [0.4, 0.5) is 0 Å². The standard InChI is InChI=1S/C11H14BrNO3/c1-11(2,13)6-16-9-5-7(12)3-4-8(9)10(14)15/h3-5H,6,13H2,1-2H3,(H,14,15). The molecule has 0 bridgehead atoms. The molecule has 3 N–H and O–H groups in total. The van der Waals surface area contributed by atoms with Crippen molar-refractivity contribution in [1.29, 1.82) is 0 Å². The molecule has 0 radical (unpaired) electrons. The zero-order valence-electron chi connectivity index (χ0n) is 9.16. The third-order valence-corrected chi connectivity index (χ3v) is 2.27. The number of rotatable bonds is 4. The highest BCUT2D eigenvalue weighted by molar-refractivity contribution is 9.10. The van der Waals surface area contributed by atoms with E-state index in [-0.39, 0.29) is 12.2 Å². The maximum atomic E-state index is 10.9. The van der Waals surface area contributed by atoms with Crippen molar-refractivity contribution in [2.24, 2.45) is 5.73 Å². The normalized spacial score (nSPS) is 11.2. The molecule has 0 aromatic heterocycles. The van der Waals surface area contributed by atoms with Gasteiger partial charge < -0.3 is 15.6 Å². The van der Waals surface area contributed by atoms with Crippen molar-refractivity contribution in [3.05, 3.63) is 28.2 Å². The predicted octanol–water partition coefficient (Wildman–Crippen LogP) is 2.26. The molecule has 0 saturated carbocycles. The van der Waals surface area contributed by atoms with Gasteiger partial charge in [0, 0.05) is 10.0 Å². The molecule has 0 unspecified atom stereocenters. The summed E-state index contributed by atoms with van der Waals surface area (Å²) in [6, 6.07) is 4.77. The van der Waals surface area contributed by atoms with Crippen molar-refractivity contribution in [1.82, 2.24) is 0 Å². The fraction of sp³-hybridized carbons (Fsp3) is 0.364. The molecule has 5 heteroatoms. The third-order valence-electron chi connectivity index (χ3n) is 1.77. The molecular weight excluding hydrogens is 274 g/mol. The second-order valence-electron chi connectivity index (χ2n) is 4.22. The van der Waals surface area contributed by atoms with Gasteiger partial charge in [0.25, 0.3) is 0 Å². The van der Waals surface area contributed by atoms with Crippen LogP contribution in [0, 0.1) is 0 Å². The zero-order chi connectivity index (χ0) is 12.3. The smallest absolute Gasteiger partial charge is 0.339 e. The van der Waals surface area contributed by atoms with Crippen LogP contribution in [0.3, 0.4) is 0 Å². The van der Waals surface area contributed by atoms with Gasteiger partial charge in [0.15, 0.2) is 0 Å². The number of ether oxygens (including phenoxy) is 1. The van der Waals surface area contributed by atoms with E-state index < -0.39 is 11.5 Å². The van der Waals surface area contributed by atoms with Crippen molar-refractivity contribution in [2.75, 3.05) is 6.61 Å². The van der Waals surface area contributed by atoms with Crippen molar-refractivity contribution in [2.45, 2.75) is 19.4 Å². The first-order valence-electron chi connectivity index (χ1n) is 4.74. The molecule has 1 aromatic rings. The Morgan fingerprint density at radius 1 is 1.56 bits per heavy atom. The number of benzene rings is 1. The van der Waals surface area contributed by atoms with Gasteiger partial charge in [-0.2, -0.15) is 0 Å². The van der Waals surface area contributed by atoms with Crippen molar-refractivity contribution < 1.29 is 14.6 Å². The van der Waals surface area contributed by atoms with Crippen LogP contribution >= 0.6 is 15.9 Å². The minimum absolute atomic E-state index is 0.132. The van der Waals surface area contributed by atoms with Gasteiger partial charge in [-0.15, -0.1) is 0 Å². The van der Waals surface area contributed by atoms with E-state index >= 15 is 0 Å². The van der Waals surface area contributed by atoms with Gasteiger partial charge in [0.2, 0.25) is 0 Å². The summed E-state index contributed by atoms with van der Waals surface area (Å²) in [5.41, 5.74) is 5.39. The van der Waals surface area contributed by atoms with E-state index in [1.54, 1.807) is 12.1 Å². The lowest BCUT2D eigenvalue weighted by molar-refractivity contribution is 0.0691. The molecule has 88 valence electrons. The number of carboxylic acid groups (broad SMARTS) is 1. The molecule has 0 atom stereocenters. The van der Waals surface area contributed by atoms with Crippen LogP contribution in [0.15, 0.2) is 22.7 Å². The third kappa shape index (κ3) is 3.83. The lowest BCUT2D eigenvalue weighted by Crippen LogP contribution is -2.38. The highest BCUT2D eigenvalue weighted by atomic mass is 79.9. The van der Waals surface area contributed by atoms with Gasteiger partial charge in [-0.05, 0) is 32.0 Å². The van der Waals surface area contributed by atoms with Gasteiger partial charge in [0.05, 0.1) is 0 Å². The number of aromatic carboxylic acids is 1. The molecule has 0 aliphatic carbocycles. The van der Waals surface area contributed by atoms with E-state index in [0.29, 0.717) is 5.75 Å². The van der Waals surface area contributed by atoms with Crippen LogP contribution in [0.5, 0.6) is 5.75 Å². The fourth-order valence-electron chi connectivity index (χ4n) is 1.06. The SMILES string of the molecule is CC(C)(N)COc1cc(Br)ccc1C(=O)O. The average Bonchev–Trinajstić information content (AvgIpc) is 2.13. The maximum Gasteiger partial charge on any atom is 0.339 e. The van der Waals surface area contributed by atoms with E-state index in [9.17, 15) is 4.79 Å². The maximum absolute atomic E-state index is 10.9. The zero-order valence-corrected chi connectivity index (χ0v) is 10.7. The van der Waals surface area contributed by atoms with Crippen molar-refractivity contribution >= 4 is 21.9 Å². The summed E-state index contributed by atoms with van der Waals surface area (Å²) in [5.74, 6) is -0.697. The Balaban J connectivity index is 2.93. The Morgan fingerprint density at radius 3 is 2.69 bits per heavy atom. The second-order valence-corrected chi connectivity index (χ2v) is 5.14. The first-order chi connectivity index (χ1) is 7.29. The molecule has 0 heterocycles. The Morgan fingerprint density at radius 2 is 2.19 bits per heavy atom. The van der Waals surface area contributed by atoms with Gasteiger partial charge in [0.1, 0.15) is 17.9 Å². The summed E-state index contributed by atoms with van der Waals surface area (Å²) in [6.45, 7) is 3.88. The Hall–Kier alpha value is -1.07. The molecule has 0 fully saturated rings. The average molecular weight is 288 g/mol. The largest absolute Gasteiger partial charge is 0.491 e. The number of carbonyl (C=O) groups is 1. The summed E-state index contributed by atoms with van der Waals surface area (Å²) in [4.78, 5) is 10.9. The fourth-order valence-corrected chi connectivity index (χ4v) is 1.40. The molecule has 4 nitrogen and oxygen atoms in total. The topological polar surface area (TPSA) is 72.5 Å². The van der Waals surface area contributed by atoms with E-state index in [0.717, 1.165) is 4.47 Å². The van der Waals surface area contributed by atoms with Crippen LogP contribution in [0.25, 0.3) is 0 Å². The van der Waals surface area contributed by atoms with Crippen molar-refractivity contribution in [3.8, 4) is 5.75 Å². The Kier molecular flexibility index (Phi) is 3.93. The second kappa shape index (κ2) is 4.84. The number of carboxylic acids is 1. The van der Waals surface area contributed by atoms with Crippen LogP contribution in [0.1, 0.15) is 24.2 Å². The van der Waals surface area contributed by atoms with Gasteiger partial charge >= 0.3 is 5.97 Å². The molecule has 16 heavy (non-hydrogen) atoms. The summed E-state index contributed by atoms with van der Waals surface area (Å²) < 4.78 is 6.17. The minimum Gasteiger partial charge on any atom is -0.491 e. The number of hydrogen-bond acceptors (Lipinski definition) is 3. The Labute approximate surface area is 103 Å². The molecule has 0 amide bonds. The molecule has 0 aliphatic rings. The predicted molar refractivity (Wildman–Crippen MR) is 64.9 cm³/mol. The van der Waals surface area contributed by atoms with Crippen molar-refractivity contribution in [3.63, 3.8) is 0 Å². The number of hydrogen-bond donors (Lipinski definition) is 2. The minimum atomic E-state index is -1.02. The molecule has 1 rings (SSSR count). The summed E-state index contributed by atoms with van der Waals surface area (Å²) >= 11 is 3.26. The van der Waals surface area contributed by atoms with Gasteiger partial charge in [-0.3, -0.25) is 0 Å². The first-order valence-corrected chi connectivity index (χ1v) is 5.53. The quantitative estimate of drug-likeness (QED) is 0.891. The lowest BCUT2D eigenvalue weighted by atomic mass is 10.1. The molecule has 1 aromatic carbocycles. The first kappa shape index (κ1) is 13.0. The van der Waals surface area contributed by atoms with E-state index in [4.69, 9.17) is 15.6 Å². The van der Waals surface area contributed by atoms with E-state index in [2.05, 4.69) is 15.9 Å². The number of halogens is 1. The van der Waals surface area contributed by atoms with E-state index in [1.807, 2.05) is 13.8 Å². The summed E-state index contributed by atoms with van der Waals surface area (Å²) in [7, 11) is 0. The highest BCUT2D eigenvalue weighted by Crippen LogP contribution is 2.24. The van der Waals surface area contributed by atoms with Crippen LogP contribution in [-0.2, 0) is 0 Å². The molecule has 0 spiro atoms. The van der Waals surface area contributed by atoms with Gasteiger partial charge in [-0.1, -0.05) is 15.9 Å². The lowest BCUT2D eigenvalue weighted by Gasteiger charge is -2.19. The summed E-state index contributed by atoms with van der Waals surface area (Å²) in [6.07, 6.45) is 0. The van der Waals surface area contributed by atoms with Crippen LogP contribution in [-0.4, -0.2) is 23.2 Å². The highest BCUT2D eigenvalue weighted by Gasteiger charge is 2.16. The van der Waals surface area contributed by atoms with Gasteiger partial charge in [-0.25, -0.2) is 4.79 Å². The van der Waals surface area contributed by atoms with Crippen LogP contribution < -0.4 is 10.5 Å². The van der Waals surface area contributed by atoms with E-state index in [1.165, 1.54) is 6.07 Å². The molecule has 0 saturated heterocycles. The van der Waals surface area contributed by atoms with Crippen LogP contribution in [0.2, 0.25) is 0 Å².